The molecule has 5 heteroatoms. The third kappa shape index (κ3) is 3.32. The summed E-state index contributed by atoms with van der Waals surface area (Å²) in [7, 11) is 0. The van der Waals surface area contributed by atoms with Crippen LogP contribution in [0, 0.1) is 12.3 Å². The second-order valence-electron chi connectivity index (χ2n) is 4.23. The smallest absolute Gasteiger partial charge is 0.140 e. The molecule has 0 saturated heterocycles. The van der Waals surface area contributed by atoms with Crippen molar-refractivity contribution in [1.29, 1.82) is 5.41 Å². The Hall–Kier alpha value is -1.88. The molecule has 0 aliphatic rings. The van der Waals surface area contributed by atoms with Gasteiger partial charge in [0.2, 0.25) is 0 Å². The predicted octanol–water partition coefficient (Wildman–Crippen LogP) is 2.88. The average molecular weight is 275 g/mol. The van der Waals surface area contributed by atoms with Crippen molar-refractivity contribution in [3.05, 3.63) is 45.4 Å². The summed E-state index contributed by atoms with van der Waals surface area (Å²) in [4.78, 5) is 5.09. The van der Waals surface area contributed by atoms with E-state index in [0.29, 0.717) is 6.61 Å². The first kappa shape index (κ1) is 13.5. The second kappa shape index (κ2) is 5.84. The van der Waals surface area contributed by atoms with Crippen LogP contribution in [0.5, 0.6) is 5.75 Å². The third-order valence-electron chi connectivity index (χ3n) is 2.75. The number of rotatable bonds is 5. The summed E-state index contributed by atoms with van der Waals surface area (Å²) >= 11 is 1.41. The summed E-state index contributed by atoms with van der Waals surface area (Å²) in [5.74, 6) is 0.908. The highest BCUT2D eigenvalue weighted by atomic mass is 32.1. The van der Waals surface area contributed by atoms with Crippen LogP contribution >= 0.6 is 11.3 Å². The Morgan fingerprint density at radius 3 is 2.89 bits per heavy atom. The van der Waals surface area contributed by atoms with Crippen LogP contribution in [0.25, 0.3) is 0 Å². The van der Waals surface area contributed by atoms with Crippen LogP contribution < -0.4 is 10.5 Å². The van der Waals surface area contributed by atoms with Crippen molar-refractivity contribution in [2.24, 2.45) is 5.73 Å². The number of nitrogens with zero attached hydrogens (tertiary/aromatic N) is 1. The number of nitrogens with two attached hydrogens (primary N) is 1. The molecule has 0 atom stereocenters. The Labute approximate surface area is 116 Å². The number of amidine groups is 1. The summed E-state index contributed by atoms with van der Waals surface area (Å²) in [5, 5.41) is 8.28. The number of benzene rings is 1. The van der Waals surface area contributed by atoms with Gasteiger partial charge in [0.05, 0.1) is 10.6 Å². The first-order valence-electron chi connectivity index (χ1n) is 6.12. The van der Waals surface area contributed by atoms with E-state index >= 15 is 0 Å². The maximum absolute atomic E-state index is 7.45. The van der Waals surface area contributed by atoms with Gasteiger partial charge < -0.3 is 10.5 Å². The molecule has 0 aliphatic heterocycles. The van der Waals surface area contributed by atoms with Gasteiger partial charge >= 0.3 is 0 Å². The van der Waals surface area contributed by atoms with Gasteiger partial charge in [-0.15, -0.1) is 11.3 Å². The fraction of sp³-hybridized carbons (Fsp3) is 0.286. The van der Waals surface area contributed by atoms with Crippen molar-refractivity contribution in [1.82, 2.24) is 4.98 Å². The molecule has 2 rings (SSSR count). The molecule has 1 aromatic carbocycles. The molecule has 0 amide bonds. The van der Waals surface area contributed by atoms with Crippen LogP contribution in [0.15, 0.2) is 24.3 Å². The highest BCUT2D eigenvalue weighted by Crippen LogP contribution is 2.20. The van der Waals surface area contributed by atoms with Gasteiger partial charge in [-0.05, 0) is 31.0 Å². The van der Waals surface area contributed by atoms with E-state index in [2.05, 4.69) is 18.0 Å². The monoisotopic (exact) mass is 275 g/mol. The molecule has 0 bridgehead atoms. The van der Waals surface area contributed by atoms with Crippen molar-refractivity contribution >= 4 is 17.2 Å². The van der Waals surface area contributed by atoms with Crippen LogP contribution in [0.4, 0.5) is 0 Å². The Bertz CT molecular complexity index is 592. The lowest BCUT2D eigenvalue weighted by Gasteiger charge is -2.05. The quantitative estimate of drug-likeness (QED) is 0.651. The van der Waals surface area contributed by atoms with E-state index in [1.165, 1.54) is 16.9 Å². The number of nitrogen functional groups attached to an aromatic ring is 1. The highest BCUT2D eigenvalue weighted by Gasteiger charge is 2.10. The molecule has 3 N–H and O–H groups in total. The average Bonchev–Trinajstić information content (AvgIpc) is 2.78. The van der Waals surface area contributed by atoms with Crippen LogP contribution in [-0.4, -0.2) is 10.8 Å². The van der Waals surface area contributed by atoms with Gasteiger partial charge in [0.1, 0.15) is 23.2 Å². The van der Waals surface area contributed by atoms with Gasteiger partial charge in [0.15, 0.2) is 0 Å². The van der Waals surface area contributed by atoms with Gasteiger partial charge in [-0.25, -0.2) is 4.98 Å². The number of thiazole rings is 1. The molecule has 1 heterocycles. The fourth-order valence-corrected chi connectivity index (χ4v) is 2.60. The van der Waals surface area contributed by atoms with E-state index < -0.39 is 0 Å². The van der Waals surface area contributed by atoms with Crippen molar-refractivity contribution in [2.45, 2.75) is 26.9 Å². The fourth-order valence-electron chi connectivity index (χ4n) is 1.76. The molecule has 100 valence electrons. The minimum Gasteiger partial charge on any atom is -0.486 e. The maximum Gasteiger partial charge on any atom is 0.140 e. The van der Waals surface area contributed by atoms with E-state index in [9.17, 15) is 0 Å². The largest absolute Gasteiger partial charge is 0.486 e. The first-order valence-corrected chi connectivity index (χ1v) is 6.94. The van der Waals surface area contributed by atoms with E-state index in [0.717, 1.165) is 27.7 Å². The first-order chi connectivity index (χ1) is 9.10. The number of ether oxygens (including phenoxy) is 1. The molecular weight excluding hydrogens is 258 g/mol. The topological polar surface area (TPSA) is 72.0 Å². The van der Waals surface area contributed by atoms with E-state index in [1.54, 1.807) is 0 Å². The zero-order valence-electron chi connectivity index (χ0n) is 11.1. The lowest BCUT2D eigenvalue weighted by Crippen LogP contribution is -2.10. The molecule has 19 heavy (non-hydrogen) atoms. The summed E-state index contributed by atoms with van der Waals surface area (Å²) in [6, 6.07) is 8.04. The Kier molecular flexibility index (Phi) is 4.16. The molecule has 0 fully saturated rings. The third-order valence-corrected chi connectivity index (χ3v) is 3.92. The standard InChI is InChI=1S/C14H17N3OS/c1-3-10-5-4-6-11(7-10)18-8-12-17-9(2)13(19-12)14(15)16/h4-7H,3,8H2,1-2H3,(H3,15,16). The van der Waals surface area contributed by atoms with Crippen LogP contribution in [0.1, 0.15) is 28.1 Å². The van der Waals surface area contributed by atoms with Crippen molar-refractivity contribution < 1.29 is 4.74 Å². The van der Waals surface area contributed by atoms with Gasteiger partial charge in [-0.1, -0.05) is 19.1 Å². The van der Waals surface area contributed by atoms with Crippen molar-refractivity contribution in [3.8, 4) is 5.75 Å². The molecule has 0 aliphatic carbocycles. The van der Waals surface area contributed by atoms with Gasteiger partial charge in [0, 0.05) is 0 Å². The van der Waals surface area contributed by atoms with Crippen LogP contribution in [0.2, 0.25) is 0 Å². The van der Waals surface area contributed by atoms with Crippen molar-refractivity contribution in [2.75, 3.05) is 0 Å². The summed E-state index contributed by atoms with van der Waals surface area (Å²) in [6.07, 6.45) is 0.988. The van der Waals surface area contributed by atoms with Gasteiger partial charge in [-0.3, -0.25) is 5.41 Å². The molecule has 0 spiro atoms. The van der Waals surface area contributed by atoms with Crippen LogP contribution in [-0.2, 0) is 13.0 Å². The highest BCUT2D eigenvalue weighted by molar-refractivity contribution is 7.13. The predicted molar refractivity (Wildman–Crippen MR) is 78.0 cm³/mol. The van der Waals surface area contributed by atoms with Gasteiger partial charge in [-0.2, -0.15) is 0 Å². The summed E-state index contributed by atoms with van der Waals surface area (Å²) < 4.78 is 5.72. The molecule has 0 saturated carbocycles. The summed E-state index contributed by atoms with van der Waals surface area (Å²) in [6.45, 7) is 4.38. The molecule has 4 nitrogen and oxygen atoms in total. The number of hydrogen-bond acceptors (Lipinski definition) is 4. The number of aryl methyl sites for hydroxylation is 2. The van der Waals surface area contributed by atoms with E-state index in [-0.39, 0.29) is 5.84 Å². The lowest BCUT2D eigenvalue weighted by molar-refractivity contribution is 0.305. The SMILES string of the molecule is CCc1cccc(OCc2nc(C)c(C(=N)N)s2)c1. The summed E-state index contributed by atoms with van der Waals surface area (Å²) in [5.41, 5.74) is 7.52. The minimum absolute atomic E-state index is 0.0641. The Morgan fingerprint density at radius 2 is 2.26 bits per heavy atom. The number of aromatic nitrogens is 1. The van der Waals surface area contributed by atoms with Crippen LogP contribution in [0.3, 0.4) is 0 Å². The molecule has 2 aromatic rings. The molecule has 0 unspecified atom stereocenters. The number of nitrogens with one attached hydrogen (secondary N) is 1. The normalized spacial score (nSPS) is 10.4. The second-order valence-corrected chi connectivity index (χ2v) is 5.31. The molecule has 0 radical (unpaired) electrons. The minimum atomic E-state index is 0.0641. The zero-order valence-corrected chi connectivity index (χ0v) is 11.9. The zero-order chi connectivity index (χ0) is 13.8. The van der Waals surface area contributed by atoms with E-state index in [1.807, 2.05) is 25.1 Å². The maximum atomic E-state index is 7.45. The van der Waals surface area contributed by atoms with E-state index in [4.69, 9.17) is 15.9 Å². The molecular formula is C14H17N3OS. The Balaban J connectivity index is 2.06. The van der Waals surface area contributed by atoms with Gasteiger partial charge in [0.25, 0.3) is 0 Å². The lowest BCUT2D eigenvalue weighted by atomic mass is 10.2. The molecule has 1 aromatic heterocycles. The Morgan fingerprint density at radius 1 is 1.47 bits per heavy atom. The number of hydrogen-bond donors (Lipinski definition) is 2. The van der Waals surface area contributed by atoms with Crippen molar-refractivity contribution in [3.63, 3.8) is 0 Å².